The maximum Gasteiger partial charge on any atom is 0.341 e. The van der Waals surface area contributed by atoms with Crippen molar-refractivity contribution < 1.29 is 13.9 Å². The van der Waals surface area contributed by atoms with E-state index >= 15 is 0 Å². The van der Waals surface area contributed by atoms with Crippen LogP contribution in [0.3, 0.4) is 0 Å². The molecular weight excluding hydrogens is 321 g/mol. The number of halogens is 1. The van der Waals surface area contributed by atoms with Crippen LogP contribution in [0, 0.1) is 11.7 Å². The van der Waals surface area contributed by atoms with Crippen LogP contribution in [-0.2, 0) is 4.74 Å². The van der Waals surface area contributed by atoms with Crippen LogP contribution in [0.5, 0.6) is 0 Å². The quantitative estimate of drug-likeness (QED) is 0.797. The van der Waals surface area contributed by atoms with Crippen molar-refractivity contribution in [1.29, 1.82) is 0 Å². The first-order valence-corrected chi connectivity index (χ1v) is 8.59. The Morgan fingerprint density at radius 3 is 2.80 bits per heavy atom. The third-order valence-electron chi connectivity index (χ3n) is 4.85. The van der Waals surface area contributed by atoms with Gasteiger partial charge in [0.2, 0.25) is 0 Å². The van der Waals surface area contributed by atoms with E-state index in [0.29, 0.717) is 28.4 Å². The van der Waals surface area contributed by atoms with Gasteiger partial charge in [0, 0.05) is 30.7 Å². The van der Waals surface area contributed by atoms with Crippen LogP contribution in [-0.4, -0.2) is 55.7 Å². The Kier molecular flexibility index (Phi) is 4.90. The van der Waals surface area contributed by atoms with Gasteiger partial charge >= 0.3 is 5.97 Å². The minimum atomic E-state index is -0.419. The number of aromatic nitrogens is 1. The molecule has 2 unspecified atom stereocenters. The van der Waals surface area contributed by atoms with Crippen LogP contribution >= 0.6 is 0 Å². The second-order valence-corrected chi connectivity index (χ2v) is 6.82. The molecule has 2 heterocycles. The lowest BCUT2D eigenvalue weighted by Gasteiger charge is -2.25. The fourth-order valence-corrected chi connectivity index (χ4v) is 3.65. The first-order valence-electron chi connectivity index (χ1n) is 8.59. The summed E-state index contributed by atoms with van der Waals surface area (Å²) in [5.41, 5.74) is 1.79. The van der Waals surface area contributed by atoms with Crippen molar-refractivity contribution in [2.75, 3.05) is 38.7 Å². The van der Waals surface area contributed by atoms with Crippen molar-refractivity contribution in [2.24, 2.45) is 5.92 Å². The normalized spacial score (nSPS) is 20.5. The van der Waals surface area contributed by atoms with Gasteiger partial charge in [0.25, 0.3) is 0 Å². The van der Waals surface area contributed by atoms with Crippen molar-refractivity contribution in [3.63, 3.8) is 0 Å². The monoisotopic (exact) mass is 345 g/mol. The van der Waals surface area contributed by atoms with E-state index in [2.05, 4.69) is 35.8 Å². The minimum absolute atomic E-state index is 0.288. The van der Waals surface area contributed by atoms with Gasteiger partial charge in [0.1, 0.15) is 11.4 Å². The average molecular weight is 345 g/mol. The molecule has 0 aliphatic carbocycles. The molecule has 0 bridgehead atoms. The molecule has 0 radical (unpaired) electrons. The van der Waals surface area contributed by atoms with E-state index in [9.17, 15) is 9.18 Å². The van der Waals surface area contributed by atoms with Crippen LogP contribution < -0.4 is 4.90 Å². The second-order valence-electron chi connectivity index (χ2n) is 6.82. The molecule has 1 aliphatic rings. The molecule has 3 rings (SSSR count). The number of carbonyl (C=O) groups excluding carboxylic acids is 1. The van der Waals surface area contributed by atoms with E-state index in [1.54, 1.807) is 19.2 Å². The summed E-state index contributed by atoms with van der Waals surface area (Å²) < 4.78 is 19.1. The number of rotatable bonds is 4. The fourth-order valence-electron chi connectivity index (χ4n) is 3.65. The molecule has 2 atom stereocenters. The van der Waals surface area contributed by atoms with Crippen LogP contribution in [0.25, 0.3) is 10.9 Å². The third kappa shape index (κ3) is 3.31. The van der Waals surface area contributed by atoms with E-state index < -0.39 is 5.97 Å². The average Bonchev–Trinajstić information content (AvgIpc) is 2.95. The predicted molar refractivity (Wildman–Crippen MR) is 96.5 cm³/mol. The van der Waals surface area contributed by atoms with Gasteiger partial charge in [-0.15, -0.1) is 0 Å². The Balaban J connectivity index is 2.14. The number of carbonyl (C=O) groups is 1. The molecule has 6 heteroatoms. The Hall–Kier alpha value is -2.21. The van der Waals surface area contributed by atoms with Crippen LogP contribution in [0.2, 0.25) is 0 Å². The zero-order valence-electron chi connectivity index (χ0n) is 15.1. The molecule has 2 aromatic rings. The minimum Gasteiger partial charge on any atom is -0.462 e. The van der Waals surface area contributed by atoms with Gasteiger partial charge < -0.3 is 14.5 Å². The fraction of sp³-hybridized carbons (Fsp3) is 0.474. The number of likely N-dealkylation sites (N-methyl/N-ethyl adjacent to an activating group) is 1. The van der Waals surface area contributed by atoms with Crippen molar-refractivity contribution in [2.45, 2.75) is 19.9 Å². The molecule has 1 fully saturated rings. The topological polar surface area (TPSA) is 45.7 Å². The molecule has 0 saturated carbocycles. The molecule has 1 aliphatic heterocycles. The Bertz CT molecular complexity index is 794. The lowest BCUT2D eigenvalue weighted by molar-refractivity contribution is 0.0527. The van der Waals surface area contributed by atoms with Gasteiger partial charge in [0.05, 0.1) is 17.8 Å². The molecule has 0 spiro atoms. The maximum atomic E-state index is 13.9. The number of fused-ring (bicyclic) bond motifs is 1. The van der Waals surface area contributed by atoms with Crippen LogP contribution in [0.1, 0.15) is 24.2 Å². The Labute approximate surface area is 147 Å². The summed E-state index contributed by atoms with van der Waals surface area (Å²) in [6.07, 6.45) is 1.54. The summed E-state index contributed by atoms with van der Waals surface area (Å²) in [5, 5.41) is 0.650. The zero-order valence-corrected chi connectivity index (χ0v) is 15.1. The Morgan fingerprint density at radius 2 is 2.16 bits per heavy atom. The smallest absolute Gasteiger partial charge is 0.341 e. The highest BCUT2D eigenvalue weighted by molar-refractivity contribution is 6.05. The van der Waals surface area contributed by atoms with Crippen molar-refractivity contribution in [3.8, 4) is 0 Å². The van der Waals surface area contributed by atoms with Gasteiger partial charge in [0.15, 0.2) is 0 Å². The predicted octanol–water partition coefficient (Wildman–Crippen LogP) is 2.94. The number of anilines is 1. The summed E-state index contributed by atoms with van der Waals surface area (Å²) in [5.74, 6) is -0.327. The molecule has 1 aromatic heterocycles. The van der Waals surface area contributed by atoms with Gasteiger partial charge in [-0.05, 0) is 45.1 Å². The summed E-state index contributed by atoms with van der Waals surface area (Å²) in [6.45, 7) is 5.82. The van der Waals surface area contributed by atoms with E-state index in [0.717, 1.165) is 18.8 Å². The summed E-state index contributed by atoms with van der Waals surface area (Å²) >= 11 is 0. The van der Waals surface area contributed by atoms with Crippen LogP contribution in [0.15, 0.2) is 24.4 Å². The molecular formula is C19H24FN3O2. The van der Waals surface area contributed by atoms with Gasteiger partial charge in [-0.2, -0.15) is 0 Å². The Morgan fingerprint density at radius 1 is 1.40 bits per heavy atom. The summed E-state index contributed by atoms with van der Waals surface area (Å²) in [4.78, 5) is 21.1. The van der Waals surface area contributed by atoms with E-state index in [-0.39, 0.29) is 12.4 Å². The number of nitrogens with zero attached hydrogens (tertiary/aromatic N) is 3. The zero-order chi connectivity index (χ0) is 18.1. The number of ether oxygens (including phenoxy) is 1. The number of pyridine rings is 1. The third-order valence-corrected chi connectivity index (χ3v) is 4.85. The second kappa shape index (κ2) is 6.96. The van der Waals surface area contributed by atoms with Crippen molar-refractivity contribution >= 4 is 22.6 Å². The van der Waals surface area contributed by atoms with Crippen LogP contribution in [0.4, 0.5) is 10.1 Å². The van der Waals surface area contributed by atoms with E-state index in [4.69, 9.17) is 4.74 Å². The molecule has 25 heavy (non-hydrogen) atoms. The highest BCUT2D eigenvalue weighted by atomic mass is 19.1. The van der Waals surface area contributed by atoms with Gasteiger partial charge in [-0.25, -0.2) is 9.18 Å². The lowest BCUT2D eigenvalue weighted by Crippen LogP contribution is -2.34. The molecule has 5 nitrogen and oxygen atoms in total. The molecule has 1 aromatic carbocycles. The highest BCUT2D eigenvalue weighted by Gasteiger charge is 2.34. The first-order chi connectivity index (χ1) is 11.9. The van der Waals surface area contributed by atoms with E-state index in [1.165, 1.54) is 12.1 Å². The maximum absolute atomic E-state index is 13.9. The molecule has 134 valence electrons. The number of hydrogen-bond donors (Lipinski definition) is 0. The number of hydrogen-bond acceptors (Lipinski definition) is 5. The van der Waals surface area contributed by atoms with Crippen molar-refractivity contribution in [3.05, 3.63) is 35.8 Å². The SMILES string of the molecule is CCOC(=O)c1cnc2ccc(F)cc2c1N1CC(C)C(N(C)C)C1. The van der Waals surface area contributed by atoms with Gasteiger partial charge in [-0.1, -0.05) is 6.92 Å². The molecule has 0 N–H and O–H groups in total. The lowest BCUT2D eigenvalue weighted by atomic mass is 10.1. The largest absolute Gasteiger partial charge is 0.462 e. The van der Waals surface area contributed by atoms with Gasteiger partial charge in [-0.3, -0.25) is 4.98 Å². The first kappa shape index (κ1) is 17.6. The molecule has 1 saturated heterocycles. The number of esters is 1. The molecule has 0 amide bonds. The van der Waals surface area contributed by atoms with Crippen molar-refractivity contribution in [1.82, 2.24) is 9.88 Å². The highest BCUT2D eigenvalue weighted by Crippen LogP contribution is 2.35. The number of benzene rings is 1. The van der Waals surface area contributed by atoms with E-state index in [1.807, 2.05) is 0 Å². The standard InChI is InChI=1S/C19H24FN3O2/c1-5-25-19(24)15-9-21-16-7-6-13(20)8-14(16)18(15)23-10-12(2)17(11-23)22(3)4/h6-9,12,17H,5,10-11H2,1-4H3. The summed E-state index contributed by atoms with van der Waals surface area (Å²) in [6, 6.07) is 4.85. The summed E-state index contributed by atoms with van der Waals surface area (Å²) in [7, 11) is 4.11.